The first-order valence-electron chi connectivity index (χ1n) is 17.7. The number of piperidine rings is 2. The average molecular weight is 821 g/mol. The quantitative estimate of drug-likeness (QED) is 0.190. The van der Waals surface area contributed by atoms with Crippen LogP contribution in [0.15, 0.2) is 92.0 Å². The molecule has 0 aliphatic carbocycles. The second kappa shape index (κ2) is 19.0. The Labute approximate surface area is 325 Å². The first-order valence-corrected chi connectivity index (χ1v) is 21.8. The summed E-state index contributed by atoms with van der Waals surface area (Å²) in [5.41, 5.74) is 5.94. The lowest BCUT2D eigenvalue weighted by molar-refractivity contribution is 0.266. The van der Waals surface area contributed by atoms with Crippen molar-refractivity contribution in [3.05, 3.63) is 131 Å². The van der Waals surface area contributed by atoms with Gasteiger partial charge < -0.3 is 11.1 Å². The zero-order chi connectivity index (χ0) is 40.5. The van der Waals surface area contributed by atoms with Gasteiger partial charge in [0.25, 0.3) is 11.1 Å². The predicted molar refractivity (Wildman–Crippen MR) is 215 cm³/mol. The normalized spacial score (nSPS) is 17.2. The van der Waals surface area contributed by atoms with E-state index in [9.17, 15) is 36.0 Å². The molecule has 6 rings (SSSR count). The first-order chi connectivity index (χ1) is 25.8. The number of hydrogen-bond acceptors (Lipinski definition) is 10. The van der Waals surface area contributed by atoms with Crippen molar-refractivity contribution in [3.8, 4) is 0 Å². The third-order valence-electron chi connectivity index (χ3n) is 9.41. The molecule has 5 N–H and O–H groups in total. The van der Waals surface area contributed by atoms with Crippen LogP contribution in [0.4, 0.5) is 5.82 Å². The molecule has 0 radical (unpaired) electrons. The van der Waals surface area contributed by atoms with E-state index in [2.05, 4.69) is 15.3 Å². The monoisotopic (exact) mass is 820 g/mol. The molecule has 16 nitrogen and oxygen atoms in total. The van der Waals surface area contributed by atoms with Crippen molar-refractivity contribution in [3.63, 3.8) is 0 Å². The second-order valence-electron chi connectivity index (χ2n) is 13.6. The lowest BCUT2D eigenvalue weighted by Gasteiger charge is -2.30. The summed E-state index contributed by atoms with van der Waals surface area (Å²) in [5, 5.41) is 3.14. The van der Waals surface area contributed by atoms with Crippen LogP contribution in [-0.4, -0.2) is 83.2 Å². The molecule has 0 bridgehead atoms. The number of nitrogens with one attached hydrogen (secondary N) is 3. The lowest BCUT2D eigenvalue weighted by Crippen LogP contribution is -2.44. The number of hydrogen-bond donors (Lipinski definition) is 4. The molecular weight excluding hydrogens is 772 g/mol. The number of nitrogens with zero attached hydrogens (tertiary/aromatic N) is 4. The molecule has 55 heavy (non-hydrogen) atoms. The average Bonchev–Trinajstić information content (AvgIpc) is 3.12. The molecule has 2 saturated heterocycles. The van der Waals surface area contributed by atoms with Gasteiger partial charge in [0.1, 0.15) is 11.0 Å². The second-order valence-corrected chi connectivity index (χ2v) is 18.0. The minimum atomic E-state index is -3.25. The van der Waals surface area contributed by atoms with Gasteiger partial charge in [0, 0.05) is 62.5 Å². The minimum absolute atomic E-state index is 0.000165. The number of sulfonamides is 2. The molecule has 0 saturated carbocycles. The van der Waals surface area contributed by atoms with Gasteiger partial charge in [0.05, 0.1) is 12.5 Å². The molecule has 4 aromatic rings. The van der Waals surface area contributed by atoms with Crippen LogP contribution in [0, 0.1) is 0 Å². The number of benzene rings is 2. The molecule has 300 valence electrons. The molecule has 2 aromatic carbocycles. The number of aromatic nitrogens is 4. The number of nitrogens with two attached hydrogens (primary N) is 1. The molecule has 19 heteroatoms. The van der Waals surface area contributed by atoms with Crippen LogP contribution in [0.5, 0.6) is 0 Å². The fourth-order valence-corrected chi connectivity index (χ4v) is 8.35. The van der Waals surface area contributed by atoms with Crippen molar-refractivity contribution in [1.82, 2.24) is 27.7 Å². The summed E-state index contributed by atoms with van der Waals surface area (Å²) in [4.78, 5) is 53.6. The van der Waals surface area contributed by atoms with E-state index in [0.717, 1.165) is 22.5 Å². The van der Waals surface area contributed by atoms with E-state index in [-0.39, 0.29) is 34.9 Å². The highest BCUT2D eigenvalue weighted by molar-refractivity contribution is 7.88. The van der Waals surface area contributed by atoms with Gasteiger partial charge in [-0.3, -0.25) is 28.7 Å². The van der Waals surface area contributed by atoms with E-state index >= 15 is 0 Å². The van der Waals surface area contributed by atoms with E-state index in [0.29, 0.717) is 57.7 Å². The summed E-state index contributed by atoms with van der Waals surface area (Å²) in [6, 6.07) is 21.8. The van der Waals surface area contributed by atoms with Gasteiger partial charge in [0.15, 0.2) is 0 Å². The fraction of sp³-hybridized carbons (Fsp3) is 0.444. The Morgan fingerprint density at radius 3 is 1.44 bits per heavy atom. The highest BCUT2D eigenvalue weighted by Crippen LogP contribution is 2.23. The van der Waals surface area contributed by atoms with E-state index in [4.69, 9.17) is 17.3 Å². The maximum Gasteiger partial charge on any atom is 0.330 e. The topological polar surface area (TPSA) is 223 Å². The number of aromatic amines is 2. The van der Waals surface area contributed by atoms with Crippen molar-refractivity contribution in [2.24, 2.45) is 5.73 Å². The maximum atomic E-state index is 12.5. The Hall–Kier alpha value is -4.33. The Balaban J connectivity index is 0.000000207. The molecular formula is C36H49ClN8O8S2. The van der Waals surface area contributed by atoms with E-state index in [1.54, 1.807) is 0 Å². The molecule has 2 fully saturated rings. The summed E-state index contributed by atoms with van der Waals surface area (Å²) in [7, 11) is -6.47. The van der Waals surface area contributed by atoms with Crippen molar-refractivity contribution < 1.29 is 16.8 Å². The standard InChI is InChI=1S/C18H24N4O4S.C10H14ClN3O4S.C8H11N/c1-13(14-6-4-3-5-7-14)19-16-12-17(23)22(18(24)20-16)15-8-10-21(11-9-15)27(2,25)26;1-19(17,18)13-4-2-7(3-5-13)14-9(15)6-8(11)12-10(14)16;1-7(9)8-5-3-2-4-6-8/h3-7,12-13,15,19H,8-11H2,1-2H3,(H,20,24);6-7H,2-5H2,1H3,(H,12,16);2-7H,9H2,1H3/t13-;;7-/m0.0/s1. The van der Waals surface area contributed by atoms with Gasteiger partial charge >= 0.3 is 11.4 Å². The van der Waals surface area contributed by atoms with Crippen LogP contribution in [0.1, 0.15) is 74.8 Å². The van der Waals surface area contributed by atoms with Gasteiger partial charge in [-0.05, 0) is 50.7 Å². The van der Waals surface area contributed by atoms with E-state index in [1.165, 1.54) is 31.1 Å². The molecule has 2 aliphatic rings. The van der Waals surface area contributed by atoms with E-state index < -0.39 is 37.0 Å². The van der Waals surface area contributed by atoms with Crippen LogP contribution in [0.2, 0.25) is 5.15 Å². The maximum absolute atomic E-state index is 12.5. The van der Waals surface area contributed by atoms with Crippen molar-refractivity contribution in [1.29, 1.82) is 0 Å². The van der Waals surface area contributed by atoms with Gasteiger partial charge in [-0.25, -0.2) is 35.0 Å². The first kappa shape index (κ1) is 43.4. The molecule has 2 aromatic heterocycles. The zero-order valence-electron chi connectivity index (χ0n) is 31.2. The highest BCUT2D eigenvalue weighted by atomic mass is 35.5. The van der Waals surface area contributed by atoms with Gasteiger partial charge in [-0.1, -0.05) is 72.3 Å². The van der Waals surface area contributed by atoms with Gasteiger partial charge in [-0.2, -0.15) is 0 Å². The highest BCUT2D eigenvalue weighted by Gasteiger charge is 2.29. The van der Waals surface area contributed by atoms with Gasteiger partial charge in [0.2, 0.25) is 20.0 Å². The third kappa shape index (κ3) is 12.3. The summed E-state index contributed by atoms with van der Waals surface area (Å²) in [6.07, 6.45) is 4.04. The molecule has 2 aliphatic heterocycles. The number of rotatable bonds is 8. The predicted octanol–water partition coefficient (Wildman–Crippen LogP) is 2.80. The van der Waals surface area contributed by atoms with Crippen LogP contribution in [0.25, 0.3) is 0 Å². The SMILES string of the molecule is CS(=O)(=O)N1CCC(n2c(=O)cc(Cl)[nH]c2=O)CC1.C[C@H](N)c1ccccc1.C[C@H](Nc1cc(=O)n(C2CCN(S(C)(=O)=O)CC2)c(=O)[nH]1)c1ccccc1. The van der Waals surface area contributed by atoms with Crippen molar-refractivity contribution >= 4 is 37.5 Å². The van der Waals surface area contributed by atoms with Gasteiger partial charge in [-0.15, -0.1) is 0 Å². The summed E-state index contributed by atoms with van der Waals surface area (Å²) < 4.78 is 51.0. The molecule has 0 spiro atoms. The minimum Gasteiger partial charge on any atom is -0.365 e. The molecule has 0 unspecified atom stereocenters. The van der Waals surface area contributed by atoms with Crippen LogP contribution < -0.4 is 33.5 Å². The zero-order valence-corrected chi connectivity index (χ0v) is 33.6. The Kier molecular flexibility index (Phi) is 15.0. The number of H-pyrrole nitrogens is 2. The summed E-state index contributed by atoms with van der Waals surface area (Å²) >= 11 is 5.59. The van der Waals surface area contributed by atoms with Crippen LogP contribution in [-0.2, 0) is 20.0 Å². The van der Waals surface area contributed by atoms with Crippen molar-refractivity contribution in [2.45, 2.75) is 63.7 Å². The van der Waals surface area contributed by atoms with Crippen molar-refractivity contribution in [2.75, 3.05) is 44.0 Å². The van der Waals surface area contributed by atoms with E-state index in [1.807, 2.05) is 74.5 Å². The Morgan fingerprint density at radius 1 is 0.673 bits per heavy atom. The number of anilines is 1. The Bertz CT molecular complexity index is 2270. The molecule has 4 heterocycles. The van der Waals surface area contributed by atoms with Crippen LogP contribution >= 0.6 is 11.6 Å². The molecule has 2 atom stereocenters. The van der Waals surface area contributed by atoms with Crippen LogP contribution in [0.3, 0.4) is 0 Å². The fourth-order valence-electron chi connectivity index (χ4n) is 6.43. The third-order valence-corrected chi connectivity index (χ3v) is 12.2. The largest absolute Gasteiger partial charge is 0.365 e. The smallest absolute Gasteiger partial charge is 0.330 e. The Morgan fingerprint density at radius 2 is 1.07 bits per heavy atom. The number of halogens is 1. The summed E-state index contributed by atoms with van der Waals surface area (Å²) in [6.45, 7) is 5.15. The lowest BCUT2D eigenvalue weighted by atomic mass is 10.1. The summed E-state index contributed by atoms with van der Waals surface area (Å²) in [5.74, 6) is 0.367. The molecule has 0 amide bonds.